The Kier molecular flexibility index (Phi) is 5.68. The van der Waals surface area contributed by atoms with Gasteiger partial charge in [-0.2, -0.15) is 0 Å². The topological polar surface area (TPSA) is 91.7 Å². The van der Waals surface area contributed by atoms with Crippen LogP contribution in [0.4, 0.5) is 5.69 Å². The number of rotatable bonds is 6. The van der Waals surface area contributed by atoms with Crippen LogP contribution in [0.2, 0.25) is 0 Å². The van der Waals surface area contributed by atoms with E-state index in [0.717, 1.165) is 25.9 Å². The average molecular weight is 355 g/mol. The first-order valence-corrected chi connectivity index (χ1v) is 8.65. The molecule has 136 valence electrons. The van der Waals surface area contributed by atoms with Crippen LogP contribution < -0.4 is 10.6 Å². The number of furan rings is 1. The van der Waals surface area contributed by atoms with Gasteiger partial charge in [-0.25, -0.2) is 0 Å². The molecule has 0 unspecified atom stereocenters. The molecule has 1 aliphatic rings. The SMILES string of the molecule is O=C(Nc1ccccc1C(=O)NCCC(=O)N1CCCC1)c1ccco1. The third-order valence-corrected chi connectivity index (χ3v) is 4.25. The number of anilines is 1. The maximum Gasteiger partial charge on any atom is 0.291 e. The standard InChI is InChI=1S/C19H21N3O4/c23-17(22-11-3-4-12-22)9-10-20-18(24)14-6-1-2-7-15(14)21-19(25)16-8-5-13-26-16/h1-2,5-8,13H,3-4,9-12H2,(H,20,24)(H,21,25). The number of carbonyl (C=O) groups is 3. The van der Waals surface area contributed by atoms with Crippen molar-refractivity contribution in [3.8, 4) is 0 Å². The van der Waals surface area contributed by atoms with Gasteiger partial charge in [0.2, 0.25) is 5.91 Å². The first kappa shape index (κ1) is 17.7. The van der Waals surface area contributed by atoms with Gasteiger partial charge in [-0.1, -0.05) is 12.1 Å². The molecule has 1 saturated heterocycles. The molecule has 0 radical (unpaired) electrons. The second kappa shape index (κ2) is 8.33. The highest BCUT2D eigenvalue weighted by Gasteiger charge is 2.18. The van der Waals surface area contributed by atoms with E-state index in [2.05, 4.69) is 10.6 Å². The summed E-state index contributed by atoms with van der Waals surface area (Å²) in [7, 11) is 0. The lowest BCUT2D eigenvalue weighted by atomic mass is 10.1. The molecule has 7 nitrogen and oxygen atoms in total. The Morgan fingerprint density at radius 3 is 2.50 bits per heavy atom. The number of carbonyl (C=O) groups excluding carboxylic acids is 3. The molecular weight excluding hydrogens is 334 g/mol. The number of hydrogen-bond donors (Lipinski definition) is 2. The molecule has 0 bridgehead atoms. The molecule has 2 aromatic rings. The summed E-state index contributed by atoms with van der Waals surface area (Å²) in [6, 6.07) is 9.87. The van der Waals surface area contributed by atoms with Crippen LogP contribution in [0, 0.1) is 0 Å². The third-order valence-electron chi connectivity index (χ3n) is 4.25. The molecule has 26 heavy (non-hydrogen) atoms. The van der Waals surface area contributed by atoms with Crippen molar-refractivity contribution in [3.63, 3.8) is 0 Å². The van der Waals surface area contributed by atoms with E-state index in [4.69, 9.17) is 4.42 Å². The summed E-state index contributed by atoms with van der Waals surface area (Å²) in [4.78, 5) is 38.4. The molecule has 2 heterocycles. The molecule has 0 atom stereocenters. The van der Waals surface area contributed by atoms with Crippen molar-refractivity contribution in [2.75, 3.05) is 25.0 Å². The van der Waals surface area contributed by atoms with Crippen LogP contribution in [-0.2, 0) is 4.79 Å². The molecule has 1 aromatic heterocycles. The highest BCUT2D eigenvalue weighted by molar-refractivity contribution is 6.07. The number of benzene rings is 1. The fourth-order valence-electron chi connectivity index (χ4n) is 2.88. The molecular formula is C19H21N3O4. The van der Waals surface area contributed by atoms with Crippen molar-refractivity contribution in [2.45, 2.75) is 19.3 Å². The second-order valence-corrected chi connectivity index (χ2v) is 6.07. The monoisotopic (exact) mass is 355 g/mol. The Hall–Kier alpha value is -3.09. The molecule has 7 heteroatoms. The molecule has 1 aromatic carbocycles. The van der Waals surface area contributed by atoms with Gasteiger partial charge in [0.15, 0.2) is 5.76 Å². The molecule has 3 amide bonds. The Bertz CT molecular complexity index is 780. The summed E-state index contributed by atoms with van der Waals surface area (Å²) >= 11 is 0. The van der Waals surface area contributed by atoms with Crippen LogP contribution in [0.15, 0.2) is 47.1 Å². The fourth-order valence-corrected chi connectivity index (χ4v) is 2.88. The summed E-state index contributed by atoms with van der Waals surface area (Å²) < 4.78 is 5.05. The van der Waals surface area contributed by atoms with Gasteiger partial charge >= 0.3 is 0 Å². The largest absolute Gasteiger partial charge is 0.459 e. The maximum atomic E-state index is 12.4. The van der Waals surface area contributed by atoms with E-state index >= 15 is 0 Å². The first-order chi connectivity index (χ1) is 12.6. The van der Waals surface area contributed by atoms with E-state index in [1.807, 2.05) is 4.90 Å². The lowest BCUT2D eigenvalue weighted by molar-refractivity contribution is -0.129. The van der Waals surface area contributed by atoms with Crippen LogP contribution in [0.5, 0.6) is 0 Å². The molecule has 2 N–H and O–H groups in total. The van der Waals surface area contributed by atoms with Crippen molar-refractivity contribution in [2.24, 2.45) is 0 Å². The minimum atomic E-state index is -0.431. The van der Waals surface area contributed by atoms with E-state index < -0.39 is 5.91 Å². The highest BCUT2D eigenvalue weighted by Crippen LogP contribution is 2.16. The predicted molar refractivity (Wildman–Crippen MR) is 95.9 cm³/mol. The molecule has 1 fully saturated rings. The number of likely N-dealkylation sites (tertiary alicyclic amines) is 1. The minimum Gasteiger partial charge on any atom is -0.459 e. The summed E-state index contributed by atoms with van der Waals surface area (Å²) in [5, 5.41) is 5.41. The van der Waals surface area contributed by atoms with Gasteiger partial charge in [-0.3, -0.25) is 14.4 Å². The van der Waals surface area contributed by atoms with E-state index in [1.54, 1.807) is 36.4 Å². The quantitative estimate of drug-likeness (QED) is 0.831. The number of nitrogens with zero attached hydrogens (tertiary/aromatic N) is 1. The first-order valence-electron chi connectivity index (χ1n) is 8.65. The molecule has 1 aliphatic heterocycles. The van der Waals surface area contributed by atoms with Crippen molar-refractivity contribution in [3.05, 3.63) is 54.0 Å². The second-order valence-electron chi connectivity index (χ2n) is 6.07. The van der Waals surface area contributed by atoms with E-state index in [1.165, 1.54) is 6.26 Å². The van der Waals surface area contributed by atoms with Gasteiger partial charge in [0, 0.05) is 26.1 Å². The smallest absolute Gasteiger partial charge is 0.291 e. The fraction of sp³-hybridized carbons (Fsp3) is 0.316. The molecule has 0 saturated carbocycles. The third kappa shape index (κ3) is 4.30. The summed E-state index contributed by atoms with van der Waals surface area (Å²) in [6.07, 6.45) is 3.76. The van der Waals surface area contributed by atoms with Crippen LogP contribution in [-0.4, -0.2) is 42.3 Å². The lowest BCUT2D eigenvalue weighted by Crippen LogP contribution is -2.33. The van der Waals surface area contributed by atoms with Gasteiger partial charge < -0.3 is 20.0 Å². The molecule has 0 aliphatic carbocycles. The van der Waals surface area contributed by atoms with Crippen LogP contribution in [0.25, 0.3) is 0 Å². The summed E-state index contributed by atoms with van der Waals surface area (Å²) in [6.45, 7) is 1.86. The highest BCUT2D eigenvalue weighted by atomic mass is 16.3. The van der Waals surface area contributed by atoms with E-state index in [0.29, 0.717) is 11.3 Å². The van der Waals surface area contributed by atoms with Crippen molar-refractivity contribution >= 4 is 23.4 Å². The van der Waals surface area contributed by atoms with Gasteiger partial charge in [0.05, 0.1) is 17.5 Å². The van der Waals surface area contributed by atoms with Crippen molar-refractivity contribution < 1.29 is 18.8 Å². The number of nitrogens with one attached hydrogen (secondary N) is 2. The number of hydrogen-bond acceptors (Lipinski definition) is 4. The normalized spacial score (nSPS) is 13.5. The van der Waals surface area contributed by atoms with Crippen LogP contribution in [0.3, 0.4) is 0 Å². The Morgan fingerprint density at radius 2 is 1.77 bits per heavy atom. The zero-order valence-corrected chi connectivity index (χ0v) is 14.4. The zero-order valence-electron chi connectivity index (χ0n) is 14.4. The lowest BCUT2D eigenvalue weighted by Gasteiger charge is -2.15. The summed E-state index contributed by atoms with van der Waals surface area (Å²) in [5.41, 5.74) is 0.721. The van der Waals surface area contributed by atoms with Crippen molar-refractivity contribution in [1.82, 2.24) is 10.2 Å². The molecule has 3 rings (SSSR count). The van der Waals surface area contributed by atoms with Gasteiger partial charge in [-0.15, -0.1) is 0 Å². The Morgan fingerprint density at radius 1 is 1.00 bits per heavy atom. The van der Waals surface area contributed by atoms with Crippen molar-refractivity contribution in [1.29, 1.82) is 0 Å². The Balaban J connectivity index is 1.57. The predicted octanol–water partition coefficient (Wildman–Crippen LogP) is 2.27. The minimum absolute atomic E-state index is 0.0576. The zero-order chi connectivity index (χ0) is 18.4. The van der Waals surface area contributed by atoms with Gasteiger partial charge in [0.1, 0.15) is 0 Å². The van der Waals surface area contributed by atoms with Gasteiger partial charge in [0.25, 0.3) is 11.8 Å². The van der Waals surface area contributed by atoms with E-state index in [-0.39, 0.29) is 30.5 Å². The van der Waals surface area contributed by atoms with Crippen LogP contribution >= 0.6 is 0 Å². The maximum absolute atomic E-state index is 12.4. The average Bonchev–Trinajstić information content (AvgIpc) is 3.35. The van der Waals surface area contributed by atoms with E-state index in [9.17, 15) is 14.4 Å². The summed E-state index contributed by atoms with van der Waals surface area (Å²) in [5.74, 6) is -0.548. The molecule has 0 spiro atoms. The van der Waals surface area contributed by atoms with Gasteiger partial charge in [-0.05, 0) is 37.1 Å². The Labute approximate surface area is 151 Å². The number of amides is 3. The number of para-hydroxylation sites is 1. The van der Waals surface area contributed by atoms with Crippen LogP contribution in [0.1, 0.15) is 40.2 Å².